The number of hydrogen-bond donors (Lipinski definition) is 4. The topological polar surface area (TPSA) is 170 Å². The summed E-state index contributed by atoms with van der Waals surface area (Å²) in [7, 11) is -7.97. The van der Waals surface area contributed by atoms with Crippen molar-refractivity contribution in [2.24, 2.45) is 5.14 Å². The summed E-state index contributed by atoms with van der Waals surface area (Å²) in [4.78, 5) is 7.24. The van der Waals surface area contributed by atoms with Crippen molar-refractivity contribution in [3.8, 4) is 23.6 Å². The molecular formula is C19H17FN6O4S2. The van der Waals surface area contributed by atoms with Gasteiger partial charge in [-0.15, -0.1) is 6.42 Å². The normalized spacial score (nSPS) is 11.7. The summed E-state index contributed by atoms with van der Waals surface area (Å²) in [6, 6.07) is 10.8. The number of nitrogens with zero attached hydrogens (tertiary/aromatic N) is 2. The third kappa shape index (κ3) is 5.01. The van der Waals surface area contributed by atoms with E-state index in [2.05, 4.69) is 25.9 Å². The number of anilines is 3. The van der Waals surface area contributed by atoms with Crippen LogP contribution in [0, 0.1) is 18.2 Å². The number of nitrogens with one attached hydrogen (secondary N) is 2. The van der Waals surface area contributed by atoms with Gasteiger partial charge in [-0.3, -0.25) is 0 Å². The van der Waals surface area contributed by atoms with Gasteiger partial charge >= 0.3 is 0 Å². The molecule has 0 radical (unpaired) electrons. The Morgan fingerprint density at radius 2 is 1.69 bits per heavy atom. The maximum absolute atomic E-state index is 15.2. The fraction of sp³-hybridized carbons (Fsp3) is 0.0526. The summed E-state index contributed by atoms with van der Waals surface area (Å²) in [6.45, 7) is -0.170. The van der Waals surface area contributed by atoms with Crippen molar-refractivity contribution in [3.63, 3.8) is 0 Å². The molecule has 6 N–H and O–H groups in total. The number of aromatic nitrogens is 2. The summed E-state index contributed by atoms with van der Waals surface area (Å²) in [6.07, 6.45) is 5.05. The Bertz CT molecular complexity index is 1420. The molecule has 0 amide bonds. The second-order valence-electron chi connectivity index (χ2n) is 6.31. The zero-order valence-electron chi connectivity index (χ0n) is 16.3. The van der Waals surface area contributed by atoms with E-state index < -0.39 is 25.9 Å². The van der Waals surface area contributed by atoms with E-state index in [0.29, 0.717) is 0 Å². The highest BCUT2D eigenvalue weighted by atomic mass is 32.2. The zero-order valence-corrected chi connectivity index (χ0v) is 17.9. The molecule has 3 aromatic rings. The van der Waals surface area contributed by atoms with Crippen LogP contribution >= 0.6 is 0 Å². The minimum absolute atomic E-state index is 0.0521. The Morgan fingerprint density at radius 3 is 2.31 bits per heavy atom. The Labute approximate surface area is 184 Å². The maximum Gasteiger partial charge on any atom is 0.241 e. The molecular weight excluding hydrogens is 459 g/mol. The van der Waals surface area contributed by atoms with Gasteiger partial charge in [0.15, 0.2) is 11.6 Å². The van der Waals surface area contributed by atoms with Crippen molar-refractivity contribution in [2.75, 3.05) is 17.6 Å². The Kier molecular flexibility index (Phi) is 6.42. The van der Waals surface area contributed by atoms with E-state index in [1.807, 2.05) is 0 Å². The molecule has 3 rings (SSSR count). The molecule has 32 heavy (non-hydrogen) atoms. The number of primary sulfonamides is 1. The molecule has 0 spiro atoms. The van der Waals surface area contributed by atoms with Crippen LogP contribution in [0.3, 0.4) is 0 Å². The first-order valence-corrected chi connectivity index (χ1v) is 11.8. The minimum atomic E-state index is -4.17. The van der Waals surface area contributed by atoms with Gasteiger partial charge in [-0.25, -0.2) is 31.3 Å². The molecule has 13 heteroatoms. The van der Waals surface area contributed by atoms with Crippen LogP contribution in [0.25, 0.3) is 11.3 Å². The van der Waals surface area contributed by atoms with Crippen molar-refractivity contribution in [1.82, 2.24) is 14.7 Å². The quantitative estimate of drug-likeness (QED) is 0.368. The van der Waals surface area contributed by atoms with Crippen LogP contribution in [0.1, 0.15) is 0 Å². The molecule has 1 aromatic heterocycles. The van der Waals surface area contributed by atoms with Gasteiger partial charge in [-0.1, -0.05) is 24.1 Å². The number of hydrogen-bond acceptors (Lipinski definition) is 8. The lowest BCUT2D eigenvalue weighted by Gasteiger charge is -2.13. The van der Waals surface area contributed by atoms with Gasteiger partial charge in [0.2, 0.25) is 26.0 Å². The van der Waals surface area contributed by atoms with Crippen LogP contribution in [0.2, 0.25) is 0 Å². The molecule has 0 unspecified atom stereocenters. The lowest BCUT2D eigenvalue weighted by atomic mass is 10.1. The van der Waals surface area contributed by atoms with E-state index in [1.165, 1.54) is 48.5 Å². The summed E-state index contributed by atoms with van der Waals surface area (Å²) >= 11 is 0. The molecule has 10 nitrogen and oxygen atoms in total. The summed E-state index contributed by atoms with van der Waals surface area (Å²) < 4.78 is 65.3. The van der Waals surface area contributed by atoms with Crippen LogP contribution in [-0.4, -0.2) is 33.3 Å². The third-order valence-corrected chi connectivity index (χ3v) is 6.50. The highest BCUT2D eigenvalue weighted by Crippen LogP contribution is 2.31. The van der Waals surface area contributed by atoms with Crippen LogP contribution in [0.5, 0.6) is 0 Å². The Balaban J connectivity index is 1.99. The second-order valence-corrected chi connectivity index (χ2v) is 9.61. The molecule has 0 fully saturated rings. The zero-order chi connectivity index (χ0) is 23.5. The first kappa shape index (κ1) is 23.1. The standard InChI is InChI=1S/C19H17FN6O4S2/c1-2-11-23-32(29,30)13-9-7-12(8-10-13)24-18-16(20)17(25-19(21)26-18)14-5-3-4-6-15(14)31(22,27)28/h1,3-10,23H,11H2,(H2,22,27,28)(H3,21,24,25,26). The highest BCUT2D eigenvalue weighted by molar-refractivity contribution is 7.89. The van der Waals surface area contributed by atoms with Crippen molar-refractivity contribution in [3.05, 3.63) is 54.3 Å². The number of nitrogens with two attached hydrogens (primary N) is 2. The Morgan fingerprint density at radius 1 is 1.03 bits per heavy atom. The molecule has 1 heterocycles. The first-order chi connectivity index (χ1) is 15.0. The van der Waals surface area contributed by atoms with Gasteiger partial charge in [0.1, 0.15) is 5.69 Å². The fourth-order valence-electron chi connectivity index (χ4n) is 2.71. The molecule has 0 saturated heterocycles. The van der Waals surface area contributed by atoms with Gasteiger partial charge in [-0.05, 0) is 30.3 Å². The van der Waals surface area contributed by atoms with Crippen molar-refractivity contribution < 1.29 is 21.2 Å². The minimum Gasteiger partial charge on any atom is -0.368 e. The molecule has 2 aromatic carbocycles. The van der Waals surface area contributed by atoms with Crippen LogP contribution < -0.4 is 20.9 Å². The van der Waals surface area contributed by atoms with Crippen LogP contribution in [0.15, 0.2) is 58.3 Å². The average molecular weight is 477 g/mol. The van der Waals surface area contributed by atoms with Gasteiger partial charge < -0.3 is 11.1 Å². The van der Waals surface area contributed by atoms with E-state index in [4.69, 9.17) is 17.3 Å². The molecule has 0 aliphatic carbocycles. The molecule has 166 valence electrons. The van der Waals surface area contributed by atoms with Crippen LogP contribution in [-0.2, 0) is 20.0 Å². The lowest BCUT2D eigenvalue weighted by molar-refractivity contribution is 0.586. The maximum atomic E-state index is 15.2. The van der Waals surface area contributed by atoms with E-state index >= 15 is 4.39 Å². The summed E-state index contributed by atoms with van der Waals surface area (Å²) in [5.41, 5.74) is 5.51. The second kappa shape index (κ2) is 8.89. The number of halogens is 1. The summed E-state index contributed by atoms with van der Waals surface area (Å²) in [5.74, 6) is 0.504. The van der Waals surface area contributed by atoms with Crippen molar-refractivity contribution in [1.29, 1.82) is 0 Å². The molecule has 0 saturated carbocycles. The number of terminal acetylenes is 1. The highest BCUT2D eigenvalue weighted by Gasteiger charge is 2.22. The Hall–Kier alpha value is -3.57. The molecule has 0 atom stereocenters. The number of rotatable bonds is 7. The molecule has 0 aliphatic heterocycles. The van der Waals surface area contributed by atoms with Gasteiger partial charge in [-0.2, -0.15) is 9.71 Å². The predicted molar refractivity (Wildman–Crippen MR) is 117 cm³/mol. The third-order valence-electron chi connectivity index (χ3n) is 4.11. The van der Waals surface area contributed by atoms with E-state index in [-0.39, 0.29) is 45.0 Å². The number of sulfonamides is 2. The van der Waals surface area contributed by atoms with Gasteiger partial charge in [0, 0.05) is 11.3 Å². The fourth-order valence-corrected chi connectivity index (χ4v) is 4.38. The predicted octanol–water partition coefficient (Wildman–Crippen LogP) is 1.17. The van der Waals surface area contributed by atoms with Crippen molar-refractivity contribution >= 4 is 37.5 Å². The average Bonchev–Trinajstić information content (AvgIpc) is 2.74. The van der Waals surface area contributed by atoms with Crippen molar-refractivity contribution in [2.45, 2.75) is 9.79 Å². The number of nitrogen functional groups attached to an aromatic ring is 1. The van der Waals surface area contributed by atoms with E-state index in [9.17, 15) is 16.8 Å². The first-order valence-electron chi connectivity index (χ1n) is 8.78. The van der Waals surface area contributed by atoms with Crippen LogP contribution in [0.4, 0.5) is 21.8 Å². The monoisotopic (exact) mass is 476 g/mol. The summed E-state index contributed by atoms with van der Waals surface area (Å²) in [5, 5.41) is 7.89. The lowest BCUT2D eigenvalue weighted by Crippen LogP contribution is -2.23. The molecule has 0 aliphatic rings. The van der Waals surface area contributed by atoms with E-state index in [1.54, 1.807) is 0 Å². The van der Waals surface area contributed by atoms with Gasteiger partial charge in [0.05, 0.1) is 16.3 Å². The largest absolute Gasteiger partial charge is 0.368 e. The SMILES string of the molecule is C#CCNS(=O)(=O)c1ccc(Nc2nc(N)nc(-c3ccccc3S(N)(=O)=O)c2F)cc1. The smallest absolute Gasteiger partial charge is 0.241 e. The number of benzene rings is 2. The molecule has 0 bridgehead atoms. The van der Waals surface area contributed by atoms with E-state index in [0.717, 1.165) is 0 Å². The van der Waals surface area contributed by atoms with Gasteiger partial charge in [0.25, 0.3) is 0 Å².